The second-order valence-corrected chi connectivity index (χ2v) is 6.40. The SMILES string of the molecule is COC(=O)[C@@H](NC(=O)[C@H]1CCCC[C@@H]1C(=O)[O-])c1ccc(OC)c(OC)c1. The molecule has 1 N–H and O–H groups in total. The molecule has 3 atom stereocenters. The van der Waals surface area contributed by atoms with Crippen LogP contribution in [-0.4, -0.2) is 39.2 Å². The van der Waals surface area contributed by atoms with E-state index >= 15 is 0 Å². The number of nitrogens with one attached hydrogen (secondary N) is 1. The predicted molar refractivity (Wildman–Crippen MR) is 92.9 cm³/mol. The number of esters is 1. The Balaban J connectivity index is 2.28. The molecule has 1 aromatic carbocycles. The molecule has 0 unspecified atom stereocenters. The first-order valence-corrected chi connectivity index (χ1v) is 8.73. The minimum atomic E-state index is -1.24. The normalized spacial score (nSPS) is 20.3. The number of carboxylic acids is 1. The minimum Gasteiger partial charge on any atom is -0.550 e. The molecule has 27 heavy (non-hydrogen) atoms. The molecule has 1 amide bonds. The standard InChI is InChI=1S/C19H25NO7/c1-25-14-9-8-11(10-15(14)26-2)16(19(24)27-3)20-17(21)12-6-4-5-7-13(12)18(22)23/h8-10,12-13,16H,4-7H2,1-3H3,(H,20,21)(H,22,23)/p-1/t12-,13-,16-/m0/s1. The molecule has 0 aliphatic heterocycles. The van der Waals surface area contributed by atoms with E-state index in [1.54, 1.807) is 18.2 Å². The van der Waals surface area contributed by atoms with Crippen LogP contribution in [0.1, 0.15) is 37.3 Å². The summed E-state index contributed by atoms with van der Waals surface area (Å²) >= 11 is 0. The topological polar surface area (TPSA) is 114 Å². The van der Waals surface area contributed by atoms with Gasteiger partial charge in [0.1, 0.15) is 0 Å². The summed E-state index contributed by atoms with van der Waals surface area (Å²) in [6.07, 6.45) is 2.31. The number of amides is 1. The smallest absolute Gasteiger partial charge is 0.333 e. The summed E-state index contributed by atoms with van der Waals surface area (Å²) in [6, 6.07) is 3.70. The average molecular weight is 378 g/mol. The lowest BCUT2D eigenvalue weighted by atomic mass is 9.78. The Kier molecular flexibility index (Phi) is 7.04. The number of hydrogen-bond donors (Lipinski definition) is 1. The summed E-state index contributed by atoms with van der Waals surface area (Å²) in [6.45, 7) is 0. The zero-order valence-electron chi connectivity index (χ0n) is 15.7. The van der Waals surface area contributed by atoms with Gasteiger partial charge in [0.2, 0.25) is 5.91 Å². The van der Waals surface area contributed by atoms with Crippen LogP contribution in [0.4, 0.5) is 0 Å². The van der Waals surface area contributed by atoms with Gasteiger partial charge in [0.25, 0.3) is 0 Å². The third-order valence-electron chi connectivity index (χ3n) is 4.87. The van der Waals surface area contributed by atoms with Gasteiger partial charge < -0.3 is 29.4 Å². The molecule has 1 fully saturated rings. The van der Waals surface area contributed by atoms with Crippen LogP contribution < -0.4 is 19.9 Å². The highest BCUT2D eigenvalue weighted by molar-refractivity contribution is 5.89. The van der Waals surface area contributed by atoms with Crippen molar-refractivity contribution in [2.24, 2.45) is 11.8 Å². The third-order valence-corrected chi connectivity index (χ3v) is 4.87. The minimum absolute atomic E-state index is 0.389. The Morgan fingerprint density at radius 1 is 1.04 bits per heavy atom. The molecule has 1 aliphatic rings. The fourth-order valence-electron chi connectivity index (χ4n) is 3.40. The molecule has 1 aromatic rings. The largest absolute Gasteiger partial charge is 0.550 e. The number of carboxylic acid groups (broad SMARTS) is 1. The molecule has 8 heteroatoms. The molecule has 0 radical (unpaired) electrons. The summed E-state index contributed by atoms with van der Waals surface area (Å²) in [5, 5.41) is 14.0. The van der Waals surface area contributed by atoms with Crippen LogP contribution in [0.5, 0.6) is 11.5 Å². The van der Waals surface area contributed by atoms with Gasteiger partial charge in [0.15, 0.2) is 17.5 Å². The lowest BCUT2D eigenvalue weighted by Crippen LogP contribution is -2.46. The van der Waals surface area contributed by atoms with E-state index in [0.717, 1.165) is 12.8 Å². The van der Waals surface area contributed by atoms with Gasteiger partial charge in [0.05, 0.1) is 21.3 Å². The Morgan fingerprint density at radius 3 is 2.22 bits per heavy atom. The van der Waals surface area contributed by atoms with Crippen molar-refractivity contribution in [2.45, 2.75) is 31.7 Å². The van der Waals surface area contributed by atoms with Crippen molar-refractivity contribution in [3.63, 3.8) is 0 Å². The number of rotatable bonds is 7. The number of carbonyl (C=O) groups is 3. The molecule has 0 aromatic heterocycles. The monoisotopic (exact) mass is 378 g/mol. The molecule has 1 aliphatic carbocycles. The van der Waals surface area contributed by atoms with Crippen LogP contribution in [0.15, 0.2) is 18.2 Å². The predicted octanol–water partition coefficient (Wildman–Crippen LogP) is 0.590. The van der Waals surface area contributed by atoms with Crippen LogP contribution in [0.3, 0.4) is 0 Å². The van der Waals surface area contributed by atoms with E-state index in [4.69, 9.17) is 14.2 Å². The Bertz CT molecular complexity index is 703. The molecule has 0 heterocycles. The van der Waals surface area contributed by atoms with Gasteiger partial charge in [-0.3, -0.25) is 4.79 Å². The summed E-state index contributed by atoms with van der Waals surface area (Å²) in [5.74, 6) is -3.15. The Morgan fingerprint density at radius 2 is 1.67 bits per heavy atom. The quantitative estimate of drug-likeness (QED) is 0.691. The van der Waals surface area contributed by atoms with Gasteiger partial charge in [0, 0.05) is 17.8 Å². The molecule has 1 saturated carbocycles. The molecular formula is C19H24NO7-. The number of carbonyl (C=O) groups excluding carboxylic acids is 3. The molecule has 0 bridgehead atoms. The van der Waals surface area contributed by atoms with E-state index in [0.29, 0.717) is 29.9 Å². The lowest BCUT2D eigenvalue weighted by molar-refractivity contribution is -0.314. The first-order valence-electron chi connectivity index (χ1n) is 8.73. The first kappa shape index (κ1) is 20.5. The van der Waals surface area contributed by atoms with Gasteiger partial charge in [-0.05, 0) is 30.5 Å². The summed E-state index contributed by atoms with van der Waals surface area (Å²) in [4.78, 5) is 36.3. The van der Waals surface area contributed by atoms with E-state index in [1.807, 2.05) is 0 Å². The highest BCUT2D eigenvalue weighted by Crippen LogP contribution is 2.33. The average Bonchev–Trinajstić information content (AvgIpc) is 2.70. The van der Waals surface area contributed by atoms with Crippen molar-refractivity contribution in [3.05, 3.63) is 23.8 Å². The lowest BCUT2D eigenvalue weighted by Gasteiger charge is -2.32. The van der Waals surface area contributed by atoms with Crippen LogP contribution in [0.25, 0.3) is 0 Å². The first-order chi connectivity index (χ1) is 12.9. The fraction of sp³-hybridized carbons (Fsp3) is 0.526. The van der Waals surface area contributed by atoms with Crippen molar-refractivity contribution in [3.8, 4) is 11.5 Å². The zero-order valence-corrected chi connectivity index (χ0v) is 15.7. The van der Waals surface area contributed by atoms with Crippen molar-refractivity contribution in [2.75, 3.05) is 21.3 Å². The number of aliphatic carboxylic acids is 1. The van der Waals surface area contributed by atoms with Gasteiger partial charge in [-0.25, -0.2) is 4.79 Å². The number of benzene rings is 1. The molecule has 0 saturated heterocycles. The highest BCUT2D eigenvalue weighted by Gasteiger charge is 2.34. The highest BCUT2D eigenvalue weighted by atomic mass is 16.5. The van der Waals surface area contributed by atoms with Gasteiger partial charge in [-0.2, -0.15) is 0 Å². The van der Waals surface area contributed by atoms with Crippen LogP contribution >= 0.6 is 0 Å². The molecule has 2 rings (SSSR count). The number of ether oxygens (including phenoxy) is 3. The second-order valence-electron chi connectivity index (χ2n) is 6.40. The van der Waals surface area contributed by atoms with E-state index < -0.39 is 35.7 Å². The van der Waals surface area contributed by atoms with E-state index in [2.05, 4.69) is 5.32 Å². The molecule has 148 valence electrons. The van der Waals surface area contributed by atoms with E-state index in [1.165, 1.54) is 21.3 Å². The number of hydrogen-bond acceptors (Lipinski definition) is 7. The summed E-state index contributed by atoms with van der Waals surface area (Å²) < 4.78 is 15.2. The van der Waals surface area contributed by atoms with Crippen molar-refractivity contribution in [1.82, 2.24) is 5.32 Å². The van der Waals surface area contributed by atoms with Crippen LogP contribution in [-0.2, 0) is 19.1 Å². The zero-order chi connectivity index (χ0) is 20.0. The molecular weight excluding hydrogens is 354 g/mol. The molecule has 8 nitrogen and oxygen atoms in total. The van der Waals surface area contributed by atoms with Crippen LogP contribution in [0.2, 0.25) is 0 Å². The van der Waals surface area contributed by atoms with Crippen molar-refractivity contribution in [1.29, 1.82) is 0 Å². The van der Waals surface area contributed by atoms with Crippen LogP contribution in [0, 0.1) is 11.8 Å². The van der Waals surface area contributed by atoms with Gasteiger partial charge in [-0.15, -0.1) is 0 Å². The Labute approximate surface area is 157 Å². The van der Waals surface area contributed by atoms with Crippen molar-refractivity contribution < 1.29 is 33.7 Å². The summed E-state index contributed by atoms with van der Waals surface area (Å²) in [7, 11) is 4.16. The van der Waals surface area contributed by atoms with Gasteiger partial charge in [-0.1, -0.05) is 18.9 Å². The third kappa shape index (κ3) is 4.69. The fourth-order valence-corrected chi connectivity index (χ4v) is 3.40. The summed E-state index contributed by atoms with van der Waals surface area (Å²) in [5.41, 5.74) is 0.439. The Hall–Kier alpha value is -2.77. The van der Waals surface area contributed by atoms with E-state index in [-0.39, 0.29) is 0 Å². The number of methoxy groups -OCH3 is 3. The molecule has 0 spiro atoms. The maximum atomic E-state index is 12.7. The van der Waals surface area contributed by atoms with E-state index in [9.17, 15) is 19.5 Å². The maximum Gasteiger partial charge on any atom is 0.333 e. The van der Waals surface area contributed by atoms with Gasteiger partial charge >= 0.3 is 5.97 Å². The van der Waals surface area contributed by atoms with Crippen molar-refractivity contribution >= 4 is 17.8 Å². The second kappa shape index (κ2) is 9.25. The maximum absolute atomic E-state index is 12.7.